The van der Waals surface area contributed by atoms with E-state index in [9.17, 15) is 0 Å². The highest BCUT2D eigenvalue weighted by atomic mass is 14.0. The number of rotatable bonds is 15. The summed E-state index contributed by atoms with van der Waals surface area (Å²) in [6.45, 7) is 7.68. The second kappa shape index (κ2) is 17.7. The number of unbranched alkanes of at least 4 members (excludes halogenated alkanes) is 13. The van der Waals surface area contributed by atoms with E-state index in [1.54, 1.807) is 0 Å². The predicted octanol–water partition coefficient (Wildman–Crippen LogP) is 7.06. The third-order valence-electron chi connectivity index (χ3n) is 3.70. The largest absolute Gasteiger partial charge is 0.0885 e. The molecule has 0 saturated heterocycles. The predicted molar refractivity (Wildman–Crippen MR) is 89.1 cm³/mol. The van der Waals surface area contributed by atoms with Crippen molar-refractivity contribution >= 4 is 0 Å². The van der Waals surface area contributed by atoms with Gasteiger partial charge in [0.1, 0.15) is 0 Å². The fourth-order valence-electron chi connectivity index (χ4n) is 2.44. The van der Waals surface area contributed by atoms with Gasteiger partial charge in [-0.3, -0.25) is 0 Å². The molecule has 0 aromatic carbocycles. The summed E-state index contributed by atoms with van der Waals surface area (Å²) in [4.78, 5) is 0. The fraction of sp³-hybridized carbons (Fsp3) is 0.789. The van der Waals surface area contributed by atoms with Gasteiger partial charge in [-0.15, -0.1) is 0 Å². The minimum atomic E-state index is 0.940. The fourth-order valence-corrected chi connectivity index (χ4v) is 2.44. The summed E-state index contributed by atoms with van der Waals surface area (Å²) in [6.07, 6.45) is 24.8. The van der Waals surface area contributed by atoms with Gasteiger partial charge in [-0.05, 0) is 26.2 Å². The molecule has 112 valence electrons. The Kier molecular flexibility index (Phi) is 17.5. The van der Waals surface area contributed by atoms with Crippen LogP contribution in [0.5, 0.6) is 0 Å². The molecule has 0 rings (SSSR count). The number of hydrogen-bond acceptors (Lipinski definition) is 0. The van der Waals surface area contributed by atoms with Gasteiger partial charge in [0, 0.05) is 0 Å². The molecule has 0 nitrogen and oxygen atoms in total. The van der Waals surface area contributed by atoms with Crippen LogP contribution in [0.4, 0.5) is 0 Å². The van der Waals surface area contributed by atoms with Crippen LogP contribution in [0.3, 0.4) is 0 Å². The topological polar surface area (TPSA) is 0 Å². The van der Waals surface area contributed by atoms with E-state index in [-0.39, 0.29) is 0 Å². The van der Waals surface area contributed by atoms with Gasteiger partial charge in [0.15, 0.2) is 0 Å². The van der Waals surface area contributed by atoms with E-state index in [1.165, 1.54) is 83.5 Å². The van der Waals surface area contributed by atoms with Crippen LogP contribution in [-0.2, 0) is 0 Å². The van der Waals surface area contributed by atoms with Crippen molar-refractivity contribution in [3.05, 3.63) is 26.0 Å². The van der Waals surface area contributed by atoms with Crippen LogP contribution in [-0.4, -0.2) is 0 Å². The van der Waals surface area contributed by atoms with Gasteiger partial charge in [0.25, 0.3) is 0 Å². The van der Waals surface area contributed by atoms with Crippen molar-refractivity contribution < 1.29 is 0 Å². The van der Waals surface area contributed by atoms with E-state index < -0.39 is 0 Å². The van der Waals surface area contributed by atoms with Crippen molar-refractivity contribution in [2.24, 2.45) is 0 Å². The van der Waals surface area contributed by atoms with E-state index in [4.69, 9.17) is 0 Å². The second-order valence-corrected chi connectivity index (χ2v) is 5.64. The Labute approximate surface area is 123 Å². The zero-order chi connectivity index (χ0) is 14.0. The van der Waals surface area contributed by atoms with E-state index in [1.807, 2.05) is 0 Å². The highest BCUT2D eigenvalue weighted by Crippen LogP contribution is 2.12. The van der Waals surface area contributed by atoms with Gasteiger partial charge >= 0.3 is 0 Å². The maximum absolute atomic E-state index is 3.88. The summed E-state index contributed by atoms with van der Waals surface area (Å²) in [5.41, 5.74) is 0. The maximum Gasteiger partial charge on any atom is -0.0351 e. The molecule has 0 aromatic rings. The van der Waals surface area contributed by atoms with Crippen molar-refractivity contribution in [2.75, 3.05) is 0 Å². The van der Waals surface area contributed by atoms with Crippen molar-refractivity contribution in [2.45, 2.75) is 96.3 Å². The first-order valence-electron chi connectivity index (χ1n) is 8.65. The van der Waals surface area contributed by atoms with E-state index in [0.717, 1.165) is 12.8 Å². The van der Waals surface area contributed by atoms with Crippen LogP contribution in [0.15, 0.2) is 12.2 Å². The first-order chi connectivity index (χ1) is 9.41. The van der Waals surface area contributed by atoms with Crippen molar-refractivity contribution in [3.8, 4) is 0 Å². The lowest BCUT2D eigenvalue weighted by Gasteiger charge is -2.02. The molecule has 0 aliphatic heterocycles. The lowest BCUT2D eigenvalue weighted by Crippen LogP contribution is -1.82. The molecule has 0 amide bonds. The minimum absolute atomic E-state index is 0.940. The molecule has 0 aliphatic rings. The van der Waals surface area contributed by atoms with Crippen molar-refractivity contribution in [1.82, 2.24) is 0 Å². The molecular formula is C19H36. The Morgan fingerprint density at radius 3 is 1.32 bits per heavy atom. The Balaban J connectivity index is 2.93. The first-order valence-corrected chi connectivity index (χ1v) is 8.65. The molecule has 0 spiro atoms. The molecule has 0 unspecified atom stereocenters. The van der Waals surface area contributed by atoms with Gasteiger partial charge < -0.3 is 0 Å². The Morgan fingerprint density at radius 2 is 0.895 bits per heavy atom. The summed E-state index contributed by atoms with van der Waals surface area (Å²) in [5, 5.41) is 0. The van der Waals surface area contributed by atoms with Crippen LogP contribution < -0.4 is 0 Å². The van der Waals surface area contributed by atoms with Crippen LogP contribution in [0.2, 0.25) is 0 Å². The van der Waals surface area contributed by atoms with Crippen LogP contribution in [0, 0.1) is 13.8 Å². The standard InChI is InChI=1S/C19H36/c1-3-5-7-9-11-13-15-17-19-18-16-14-12-10-8-6-4-2/h5,7H,1-4,6,8-19H2. The SMILES string of the molecule is [CH2]CC=CCCCCCCCCCCCCCC[CH2]. The van der Waals surface area contributed by atoms with E-state index in [0.29, 0.717) is 0 Å². The minimum Gasteiger partial charge on any atom is -0.0885 e. The number of allylic oxidation sites excluding steroid dienone is 2. The lowest BCUT2D eigenvalue weighted by molar-refractivity contribution is 0.542. The molecule has 0 saturated carbocycles. The van der Waals surface area contributed by atoms with Crippen molar-refractivity contribution in [3.63, 3.8) is 0 Å². The molecule has 0 heterocycles. The summed E-state index contributed by atoms with van der Waals surface area (Å²) >= 11 is 0. The summed E-state index contributed by atoms with van der Waals surface area (Å²) < 4.78 is 0. The van der Waals surface area contributed by atoms with Gasteiger partial charge in [-0.1, -0.05) is 96.1 Å². The zero-order valence-corrected chi connectivity index (χ0v) is 13.2. The quantitative estimate of drug-likeness (QED) is 0.219. The van der Waals surface area contributed by atoms with Crippen LogP contribution in [0.25, 0.3) is 0 Å². The molecule has 0 atom stereocenters. The molecule has 0 fully saturated rings. The molecular weight excluding hydrogens is 228 g/mol. The zero-order valence-electron chi connectivity index (χ0n) is 13.2. The van der Waals surface area contributed by atoms with Gasteiger partial charge in [-0.2, -0.15) is 0 Å². The van der Waals surface area contributed by atoms with E-state index >= 15 is 0 Å². The van der Waals surface area contributed by atoms with Crippen molar-refractivity contribution in [1.29, 1.82) is 0 Å². The highest BCUT2D eigenvalue weighted by Gasteiger charge is 1.93. The van der Waals surface area contributed by atoms with Gasteiger partial charge in [-0.25, -0.2) is 0 Å². The lowest BCUT2D eigenvalue weighted by atomic mass is 10.0. The second-order valence-electron chi connectivity index (χ2n) is 5.64. The smallest absolute Gasteiger partial charge is 0.0351 e. The first kappa shape index (κ1) is 18.7. The number of hydrogen-bond donors (Lipinski definition) is 0. The molecule has 0 aromatic heterocycles. The molecule has 0 heteroatoms. The molecule has 2 radical (unpaired) electrons. The molecule has 0 bridgehead atoms. The summed E-state index contributed by atoms with van der Waals surface area (Å²) in [7, 11) is 0. The summed E-state index contributed by atoms with van der Waals surface area (Å²) in [6, 6.07) is 0. The van der Waals surface area contributed by atoms with Gasteiger partial charge in [0.05, 0.1) is 0 Å². The normalized spacial score (nSPS) is 11.5. The van der Waals surface area contributed by atoms with E-state index in [2.05, 4.69) is 26.0 Å². The molecule has 0 aliphatic carbocycles. The average molecular weight is 264 g/mol. The summed E-state index contributed by atoms with van der Waals surface area (Å²) in [5.74, 6) is 0. The van der Waals surface area contributed by atoms with Crippen LogP contribution in [0.1, 0.15) is 96.3 Å². The molecule has 0 N–H and O–H groups in total. The van der Waals surface area contributed by atoms with Crippen LogP contribution >= 0.6 is 0 Å². The highest BCUT2D eigenvalue weighted by molar-refractivity contribution is 4.81. The monoisotopic (exact) mass is 264 g/mol. The van der Waals surface area contributed by atoms with Gasteiger partial charge in [0.2, 0.25) is 0 Å². The third-order valence-corrected chi connectivity index (χ3v) is 3.70. The average Bonchev–Trinajstić information content (AvgIpc) is 2.43. The maximum atomic E-state index is 3.88. The Hall–Kier alpha value is -0.260. The Morgan fingerprint density at radius 1 is 0.474 bits per heavy atom. The third kappa shape index (κ3) is 17.7. The Bertz CT molecular complexity index is 169. The molecule has 19 heavy (non-hydrogen) atoms.